The van der Waals surface area contributed by atoms with Crippen molar-refractivity contribution in [3.8, 4) is 28.1 Å². The van der Waals surface area contributed by atoms with E-state index in [0.717, 1.165) is 51.1 Å². The highest BCUT2D eigenvalue weighted by atomic mass is 15.1. The Bertz CT molecular complexity index is 1900. The van der Waals surface area contributed by atoms with Crippen molar-refractivity contribution in [3.63, 3.8) is 0 Å². The number of imidazole rings is 1. The van der Waals surface area contributed by atoms with Crippen molar-refractivity contribution in [3.05, 3.63) is 127 Å². The van der Waals surface area contributed by atoms with Gasteiger partial charge >= 0.3 is 0 Å². The van der Waals surface area contributed by atoms with Gasteiger partial charge in [-0.25, -0.2) is 9.97 Å². The molecule has 37 heavy (non-hydrogen) atoms. The molecule has 0 N–H and O–H groups in total. The minimum Gasteiger partial charge on any atom is -0.296 e. The summed E-state index contributed by atoms with van der Waals surface area (Å²) in [5, 5.41) is 3.58. The number of rotatable bonds is 4. The maximum atomic E-state index is 5.17. The monoisotopic (exact) mass is 475 g/mol. The van der Waals surface area contributed by atoms with Gasteiger partial charge in [0.05, 0.1) is 22.2 Å². The van der Waals surface area contributed by atoms with E-state index in [9.17, 15) is 0 Å². The Morgan fingerprint density at radius 2 is 1.27 bits per heavy atom. The fourth-order valence-electron chi connectivity index (χ4n) is 5.45. The highest BCUT2D eigenvalue weighted by Gasteiger charge is 2.15. The molecule has 5 aromatic carbocycles. The molecule has 0 spiro atoms. The first kappa shape index (κ1) is 21.5. The molecule has 7 aromatic rings. The number of fused-ring (bicyclic) bond motifs is 4. The number of para-hydroxylation sites is 3. The molecular formula is C34H25N3. The van der Waals surface area contributed by atoms with Gasteiger partial charge in [-0.2, -0.15) is 0 Å². The Labute approximate surface area is 215 Å². The third-order valence-electron chi connectivity index (χ3n) is 7.16. The van der Waals surface area contributed by atoms with Crippen LogP contribution in [0, 0.1) is 0 Å². The van der Waals surface area contributed by atoms with E-state index in [-0.39, 0.29) is 0 Å². The lowest BCUT2D eigenvalue weighted by Gasteiger charge is -2.15. The minimum atomic E-state index is 0.871. The van der Waals surface area contributed by atoms with Crippen molar-refractivity contribution < 1.29 is 0 Å². The third-order valence-corrected chi connectivity index (χ3v) is 7.16. The maximum absolute atomic E-state index is 5.17. The van der Waals surface area contributed by atoms with Crippen LogP contribution >= 0.6 is 0 Å². The van der Waals surface area contributed by atoms with E-state index in [1.807, 2.05) is 6.07 Å². The molecule has 0 aliphatic heterocycles. The summed E-state index contributed by atoms with van der Waals surface area (Å²) in [6.45, 7) is 2.15. The predicted molar refractivity (Wildman–Crippen MR) is 154 cm³/mol. The van der Waals surface area contributed by atoms with E-state index in [1.165, 1.54) is 21.9 Å². The van der Waals surface area contributed by atoms with E-state index >= 15 is 0 Å². The summed E-state index contributed by atoms with van der Waals surface area (Å²) < 4.78 is 2.26. The summed E-state index contributed by atoms with van der Waals surface area (Å²) in [4.78, 5) is 10.0. The van der Waals surface area contributed by atoms with Crippen molar-refractivity contribution in [2.45, 2.75) is 13.3 Å². The van der Waals surface area contributed by atoms with Crippen LogP contribution in [0.5, 0.6) is 0 Å². The topological polar surface area (TPSA) is 30.7 Å². The number of pyridine rings is 1. The number of aryl methyl sites for hydroxylation is 1. The molecule has 2 aromatic heterocycles. The van der Waals surface area contributed by atoms with Gasteiger partial charge in [-0.3, -0.25) is 4.57 Å². The molecule has 0 amide bonds. The van der Waals surface area contributed by atoms with E-state index in [0.29, 0.717) is 0 Å². The Morgan fingerprint density at radius 3 is 2.08 bits per heavy atom. The van der Waals surface area contributed by atoms with Crippen LogP contribution in [0.2, 0.25) is 0 Å². The van der Waals surface area contributed by atoms with Gasteiger partial charge in [0.25, 0.3) is 0 Å². The van der Waals surface area contributed by atoms with Crippen molar-refractivity contribution in [2.24, 2.45) is 0 Å². The molecule has 2 heterocycles. The van der Waals surface area contributed by atoms with E-state index in [4.69, 9.17) is 9.97 Å². The lowest BCUT2D eigenvalue weighted by molar-refractivity contribution is 0.908. The van der Waals surface area contributed by atoms with Crippen LogP contribution in [0.1, 0.15) is 12.7 Å². The summed E-state index contributed by atoms with van der Waals surface area (Å²) in [7, 11) is 0. The van der Waals surface area contributed by atoms with Gasteiger partial charge in [-0.1, -0.05) is 97.9 Å². The number of hydrogen-bond donors (Lipinski definition) is 0. The summed E-state index contributed by atoms with van der Waals surface area (Å²) >= 11 is 0. The molecular weight excluding hydrogens is 450 g/mol. The van der Waals surface area contributed by atoms with Gasteiger partial charge in [-0.15, -0.1) is 0 Å². The fraction of sp³-hybridized carbons (Fsp3) is 0.0588. The zero-order valence-corrected chi connectivity index (χ0v) is 20.6. The number of hydrogen-bond acceptors (Lipinski definition) is 2. The number of nitrogens with zero attached hydrogens (tertiary/aromatic N) is 3. The second kappa shape index (κ2) is 8.72. The molecule has 3 heteroatoms. The lowest BCUT2D eigenvalue weighted by Crippen LogP contribution is -2.00. The summed E-state index contributed by atoms with van der Waals surface area (Å²) in [5.41, 5.74) is 8.83. The maximum Gasteiger partial charge on any atom is 0.114 e. The first-order chi connectivity index (χ1) is 18.3. The smallest absolute Gasteiger partial charge is 0.114 e. The van der Waals surface area contributed by atoms with Crippen LogP contribution in [0.4, 0.5) is 0 Å². The van der Waals surface area contributed by atoms with Crippen molar-refractivity contribution >= 4 is 32.7 Å². The second-order valence-electron chi connectivity index (χ2n) is 9.32. The first-order valence-corrected chi connectivity index (χ1v) is 12.8. The quantitative estimate of drug-likeness (QED) is 0.239. The molecule has 0 saturated carbocycles. The number of aromatic nitrogens is 3. The Balaban J connectivity index is 1.44. The molecule has 0 aliphatic carbocycles. The standard InChI is InChI=1S/C34H25N3/c1-2-32-35-30-17-8-9-18-31(30)37(32)25-21-19-24(20-22-25)34-28-15-10-14-26(23-11-4-3-5-12-23)33(28)27-13-6-7-16-29(27)36-34/h3-22H,2H2,1H3. The van der Waals surface area contributed by atoms with Gasteiger partial charge in [0.15, 0.2) is 0 Å². The van der Waals surface area contributed by atoms with Crippen LogP contribution in [0.3, 0.4) is 0 Å². The molecule has 3 nitrogen and oxygen atoms in total. The lowest BCUT2D eigenvalue weighted by atomic mass is 9.93. The predicted octanol–water partition coefficient (Wildman–Crippen LogP) is 8.62. The Hall–Kier alpha value is -4.76. The van der Waals surface area contributed by atoms with Gasteiger partial charge in [0, 0.05) is 33.8 Å². The molecule has 0 aliphatic rings. The number of benzene rings is 5. The first-order valence-electron chi connectivity index (χ1n) is 12.8. The Kier molecular flexibility index (Phi) is 5.07. The molecule has 0 bridgehead atoms. The summed E-state index contributed by atoms with van der Waals surface area (Å²) in [6, 6.07) is 42.7. The molecule has 0 saturated heterocycles. The van der Waals surface area contributed by atoms with Crippen LogP contribution in [-0.4, -0.2) is 14.5 Å². The Morgan fingerprint density at radius 1 is 0.568 bits per heavy atom. The zero-order chi connectivity index (χ0) is 24.8. The second-order valence-corrected chi connectivity index (χ2v) is 9.32. The van der Waals surface area contributed by atoms with Crippen molar-refractivity contribution in [1.82, 2.24) is 14.5 Å². The van der Waals surface area contributed by atoms with E-state index in [1.54, 1.807) is 0 Å². The SMILES string of the molecule is CCc1nc2ccccc2n1-c1ccc(-c2nc3ccccc3c3c(-c4ccccc4)cccc23)cc1. The molecule has 0 unspecified atom stereocenters. The summed E-state index contributed by atoms with van der Waals surface area (Å²) in [6.07, 6.45) is 0.871. The molecule has 176 valence electrons. The average molecular weight is 476 g/mol. The highest BCUT2D eigenvalue weighted by molar-refractivity contribution is 6.17. The van der Waals surface area contributed by atoms with Crippen LogP contribution < -0.4 is 0 Å². The zero-order valence-electron chi connectivity index (χ0n) is 20.6. The highest BCUT2D eigenvalue weighted by Crippen LogP contribution is 2.38. The third kappa shape index (κ3) is 3.51. The van der Waals surface area contributed by atoms with Crippen molar-refractivity contribution in [2.75, 3.05) is 0 Å². The minimum absolute atomic E-state index is 0.871. The van der Waals surface area contributed by atoms with Crippen LogP contribution in [-0.2, 0) is 6.42 Å². The molecule has 7 rings (SSSR count). The van der Waals surface area contributed by atoms with Crippen LogP contribution in [0.25, 0.3) is 60.8 Å². The fourth-order valence-corrected chi connectivity index (χ4v) is 5.45. The molecule has 0 radical (unpaired) electrons. The van der Waals surface area contributed by atoms with Crippen molar-refractivity contribution in [1.29, 1.82) is 0 Å². The van der Waals surface area contributed by atoms with Gasteiger partial charge < -0.3 is 0 Å². The van der Waals surface area contributed by atoms with Crippen LogP contribution in [0.15, 0.2) is 121 Å². The van der Waals surface area contributed by atoms with Gasteiger partial charge in [0.1, 0.15) is 5.82 Å². The average Bonchev–Trinajstić information content (AvgIpc) is 3.36. The van der Waals surface area contributed by atoms with Gasteiger partial charge in [-0.05, 0) is 41.5 Å². The summed E-state index contributed by atoms with van der Waals surface area (Å²) in [5.74, 6) is 1.07. The van der Waals surface area contributed by atoms with Gasteiger partial charge in [0.2, 0.25) is 0 Å². The largest absolute Gasteiger partial charge is 0.296 e. The van der Waals surface area contributed by atoms with E-state index in [2.05, 4.69) is 127 Å². The van der Waals surface area contributed by atoms with E-state index < -0.39 is 0 Å². The normalized spacial score (nSPS) is 11.5. The molecule has 0 fully saturated rings. The molecule has 0 atom stereocenters.